The molecule has 0 aliphatic carbocycles. The lowest BCUT2D eigenvalue weighted by molar-refractivity contribution is 0.204. The minimum absolute atomic E-state index is 0.230. The van der Waals surface area contributed by atoms with Gasteiger partial charge in [0, 0.05) is 34.3 Å². The van der Waals surface area contributed by atoms with Crippen LogP contribution in [0.15, 0.2) is 36.4 Å². The Labute approximate surface area is 161 Å². The fraction of sp³-hybridized carbons (Fsp3) is 0.235. The Morgan fingerprint density at radius 2 is 1.83 bits per heavy atom. The predicted octanol–water partition coefficient (Wildman–Crippen LogP) is 5.14. The number of hydrogen-bond donors (Lipinski definition) is 1. The molecular formula is C17H16Cl3NO2S. The molecule has 0 atom stereocenters. The van der Waals surface area contributed by atoms with E-state index in [-0.39, 0.29) is 6.61 Å². The van der Waals surface area contributed by atoms with Gasteiger partial charge in [-0.25, -0.2) is 0 Å². The highest BCUT2D eigenvalue weighted by Gasteiger charge is 2.12. The first kappa shape index (κ1) is 19.3. The van der Waals surface area contributed by atoms with Crippen LogP contribution in [0.2, 0.25) is 15.1 Å². The molecule has 0 aromatic heterocycles. The smallest absolute Gasteiger partial charge is 0.130 e. The molecule has 0 amide bonds. The van der Waals surface area contributed by atoms with Gasteiger partial charge >= 0.3 is 0 Å². The summed E-state index contributed by atoms with van der Waals surface area (Å²) in [5.74, 6) is 0.602. The molecule has 0 aliphatic heterocycles. The highest BCUT2D eigenvalue weighted by Crippen LogP contribution is 2.28. The standard InChI is InChI=1S/C17H16Cl3NO2S/c1-22-8-7-21-17(24)12-9-11(18)5-6-16(12)23-10-13-14(19)3-2-4-15(13)20/h2-6,9H,7-8,10H2,1H3,(H,21,24). The van der Waals surface area contributed by atoms with Gasteiger partial charge in [0.2, 0.25) is 0 Å². The second-order valence-electron chi connectivity index (χ2n) is 4.88. The fourth-order valence-corrected chi connectivity index (χ4v) is 2.93. The quantitative estimate of drug-likeness (QED) is 0.511. The zero-order chi connectivity index (χ0) is 17.5. The molecule has 0 unspecified atom stereocenters. The lowest BCUT2D eigenvalue weighted by Crippen LogP contribution is -2.26. The molecule has 0 spiro atoms. The molecule has 2 rings (SSSR count). The molecule has 2 aromatic carbocycles. The van der Waals surface area contributed by atoms with Gasteiger partial charge in [-0.3, -0.25) is 0 Å². The molecule has 128 valence electrons. The summed E-state index contributed by atoms with van der Waals surface area (Å²) in [6.07, 6.45) is 0. The monoisotopic (exact) mass is 403 g/mol. The number of rotatable bonds is 7. The Morgan fingerprint density at radius 3 is 2.50 bits per heavy atom. The van der Waals surface area contributed by atoms with Gasteiger partial charge in [0.15, 0.2) is 0 Å². The van der Waals surface area contributed by atoms with Gasteiger partial charge in [-0.1, -0.05) is 53.1 Å². The number of ether oxygens (including phenoxy) is 2. The van der Waals surface area contributed by atoms with Gasteiger partial charge in [-0.2, -0.15) is 0 Å². The van der Waals surface area contributed by atoms with Gasteiger partial charge in [0.1, 0.15) is 17.3 Å². The molecule has 24 heavy (non-hydrogen) atoms. The van der Waals surface area contributed by atoms with Crippen molar-refractivity contribution in [3.63, 3.8) is 0 Å². The van der Waals surface area contributed by atoms with E-state index in [0.717, 1.165) is 5.56 Å². The molecule has 0 fully saturated rings. The molecule has 0 aliphatic rings. The predicted molar refractivity (Wildman–Crippen MR) is 104 cm³/mol. The van der Waals surface area contributed by atoms with Crippen LogP contribution >= 0.6 is 47.0 Å². The average Bonchev–Trinajstić information content (AvgIpc) is 2.55. The van der Waals surface area contributed by atoms with Crippen molar-refractivity contribution in [1.82, 2.24) is 5.32 Å². The summed E-state index contributed by atoms with van der Waals surface area (Å²) in [7, 11) is 1.63. The van der Waals surface area contributed by atoms with Crippen molar-refractivity contribution in [2.75, 3.05) is 20.3 Å². The van der Waals surface area contributed by atoms with Crippen molar-refractivity contribution in [2.45, 2.75) is 6.61 Å². The van der Waals surface area contributed by atoms with E-state index in [1.807, 2.05) is 0 Å². The number of hydrogen-bond acceptors (Lipinski definition) is 3. The van der Waals surface area contributed by atoms with Crippen LogP contribution in [0, 0.1) is 0 Å². The summed E-state index contributed by atoms with van der Waals surface area (Å²) in [4.78, 5) is 0.537. The maximum absolute atomic E-state index is 6.17. The number of methoxy groups -OCH3 is 1. The highest BCUT2D eigenvalue weighted by molar-refractivity contribution is 7.80. The Kier molecular flexibility index (Phi) is 7.59. The Bertz CT molecular complexity index is 705. The molecule has 0 saturated carbocycles. The third-order valence-electron chi connectivity index (χ3n) is 3.21. The van der Waals surface area contributed by atoms with Crippen molar-refractivity contribution >= 4 is 52.0 Å². The van der Waals surface area contributed by atoms with Crippen molar-refractivity contribution < 1.29 is 9.47 Å². The van der Waals surface area contributed by atoms with E-state index in [1.165, 1.54) is 0 Å². The summed E-state index contributed by atoms with van der Waals surface area (Å²) in [6, 6.07) is 10.6. The highest BCUT2D eigenvalue weighted by atomic mass is 35.5. The number of nitrogens with one attached hydrogen (secondary N) is 1. The number of thiocarbonyl (C=S) groups is 1. The van der Waals surface area contributed by atoms with Crippen molar-refractivity contribution in [3.8, 4) is 5.75 Å². The first-order valence-electron chi connectivity index (χ1n) is 7.15. The van der Waals surface area contributed by atoms with Gasteiger partial charge < -0.3 is 14.8 Å². The van der Waals surface area contributed by atoms with Crippen LogP contribution in [0.25, 0.3) is 0 Å². The largest absolute Gasteiger partial charge is 0.488 e. The van der Waals surface area contributed by atoms with Gasteiger partial charge in [-0.05, 0) is 30.3 Å². The Hall–Kier alpha value is -1.04. The van der Waals surface area contributed by atoms with E-state index in [1.54, 1.807) is 43.5 Å². The molecule has 0 saturated heterocycles. The topological polar surface area (TPSA) is 30.5 Å². The van der Waals surface area contributed by atoms with Crippen LogP contribution in [0.3, 0.4) is 0 Å². The van der Waals surface area contributed by atoms with Crippen molar-refractivity contribution in [2.24, 2.45) is 0 Å². The molecular weight excluding hydrogens is 389 g/mol. The molecule has 1 N–H and O–H groups in total. The van der Waals surface area contributed by atoms with E-state index in [2.05, 4.69) is 5.32 Å². The maximum Gasteiger partial charge on any atom is 0.130 e. The minimum atomic E-state index is 0.230. The number of benzene rings is 2. The lowest BCUT2D eigenvalue weighted by atomic mass is 10.2. The molecule has 0 bridgehead atoms. The van der Waals surface area contributed by atoms with E-state index >= 15 is 0 Å². The lowest BCUT2D eigenvalue weighted by Gasteiger charge is -2.15. The Morgan fingerprint density at radius 1 is 1.12 bits per heavy atom. The molecule has 0 radical (unpaired) electrons. The summed E-state index contributed by atoms with van der Waals surface area (Å²) < 4.78 is 10.9. The van der Waals surface area contributed by atoms with Crippen molar-refractivity contribution in [1.29, 1.82) is 0 Å². The first-order valence-corrected chi connectivity index (χ1v) is 8.69. The van der Waals surface area contributed by atoms with E-state index < -0.39 is 0 Å². The normalized spacial score (nSPS) is 10.5. The second kappa shape index (κ2) is 9.44. The van der Waals surface area contributed by atoms with E-state index in [4.69, 9.17) is 56.5 Å². The summed E-state index contributed by atoms with van der Waals surface area (Å²) in [5.41, 5.74) is 1.43. The maximum atomic E-state index is 6.17. The third kappa shape index (κ3) is 5.23. The van der Waals surface area contributed by atoms with Gasteiger partial charge in [0.05, 0.1) is 12.2 Å². The summed E-state index contributed by atoms with van der Waals surface area (Å²) in [5, 5.41) is 4.79. The van der Waals surface area contributed by atoms with Crippen LogP contribution in [-0.2, 0) is 11.3 Å². The SMILES string of the molecule is COCCNC(=S)c1cc(Cl)ccc1OCc1c(Cl)cccc1Cl. The van der Waals surface area contributed by atoms with Crippen LogP contribution in [0.4, 0.5) is 0 Å². The van der Waals surface area contributed by atoms with Crippen LogP contribution < -0.4 is 10.1 Å². The van der Waals surface area contributed by atoms with Crippen molar-refractivity contribution in [3.05, 3.63) is 62.6 Å². The van der Waals surface area contributed by atoms with Crippen LogP contribution in [0.5, 0.6) is 5.75 Å². The van der Waals surface area contributed by atoms with Crippen LogP contribution in [0.1, 0.15) is 11.1 Å². The van der Waals surface area contributed by atoms with Crippen LogP contribution in [-0.4, -0.2) is 25.2 Å². The Balaban J connectivity index is 2.16. The zero-order valence-electron chi connectivity index (χ0n) is 12.9. The summed E-state index contributed by atoms with van der Waals surface area (Å²) >= 11 is 23.8. The molecule has 7 heteroatoms. The minimum Gasteiger partial charge on any atom is -0.488 e. The van der Waals surface area contributed by atoms with Gasteiger partial charge in [0.25, 0.3) is 0 Å². The molecule has 2 aromatic rings. The average molecular weight is 405 g/mol. The molecule has 3 nitrogen and oxygen atoms in total. The molecule has 0 heterocycles. The third-order valence-corrected chi connectivity index (χ3v) is 4.52. The first-order chi connectivity index (χ1) is 11.5. The summed E-state index contributed by atoms with van der Waals surface area (Å²) in [6.45, 7) is 1.37. The fourth-order valence-electron chi connectivity index (χ4n) is 1.99. The van der Waals surface area contributed by atoms with Gasteiger partial charge in [-0.15, -0.1) is 0 Å². The second-order valence-corrected chi connectivity index (χ2v) is 6.54. The zero-order valence-corrected chi connectivity index (χ0v) is 16.0. The number of halogens is 3. The van der Waals surface area contributed by atoms with E-state index in [9.17, 15) is 0 Å². The van der Waals surface area contributed by atoms with E-state index in [0.29, 0.717) is 44.5 Å².